The van der Waals surface area contributed by atoms with Gasteiger partial charge in [0.15, 0.2) is 16.4 Å². The fourth-order valence-corrected chi connectivity index (χ4v) is 5.38. The molecule has 1 spiro atoms. The lowest BCUT2D eigenvalue weighted by atomic mass is 9.82. The number of halogens is 3. The van der Waals surface area contributed by atoms with Crippen molar-refractivity contribution in [2.24, 2.45) is 0 Å². The van der Waals surface area contributed by atoms with Crippen molar-refractivity contribution in [3.8, 4) is 5.75 Å². The van der Waals surface area contributed by atoms with Gasteiger partial charge < -0.3 is 20.1 Å². The van der Waals surface area contributed by atoms with Crippen LogP contribution in [0.1, 0.15) is 40.0 Å². The van der Waals surface area contributed by atoms with Crippen molar-refractivity contribution < 1.29 is 40.7 Å². The number of carbonyl (C=O) groups is 2. The van der Waals surface area contributed by atoms with Gasteiger partial charge in [-0.25, -0.2) is 13.1 Å². The summed E-state index contributed by atoms with van der Waals surface area (Å²) in [5.41, 5.74) is 1.30. The summed E-state index contributed by atoms with van der Waals surface area (Å²) in [5.74, 6) is -1.82. The van der Waals surface area contributed by atoms with Gasteiger partial charge in [0.05, 0.1) is 11.2 Å². The SMILES string of the molecule is COCCCn1nc2c(c1NC(=O)CS(C)(=O)=O)C(=O)N[C@]1(CCc3cc(OCC(F)(F)F)ccc31)C2. The molecular weight excluding hydrogens is 517 g/mol. The average Bonchev–Trinajstić information content (AvgIpc) is 3.29. The van der Waals surface area contributed by atoms with E-state index in [1.54, 1.807) is 12.1 Å². The van der Waals surface area contributed by atoms with Gasteiger partial charge in [-0.2, -0.15) is 18.3 Å². The van der Waals surface area contributed by atoms with Crippen LogP contribution in [0.4, 0.5) is 19.0 Å². The number of nitrogens with one attached hydrogen (secondary N) is 2. The van der Waals surface area contributed by atoms with Crippen molar-refractivity contribution in [3.63, 3.8) is 0 Å². The van der Waals surface area contributed by atoms with Crippen LogP contribution < -0.4 is 15.4 Å². The molecule has 202 valence electrons. The fraction of sp³-hybridized carbons (Fsp3) is 0.522. The first-order chi connectivity index (χ1) is 17.3. The summed E-state index contributed by atoms with van der Waals surface area (Å²) in [6.07, 6.45) is -1.68. The van der Waals surface area contributed by atoms with Crippen LogP contribution in [0.15, 0.2) is 18.2 Å². The molecule has 1 aliphatic heterocycles. The normalized spacial score (nSPS) is 18.9. The molecule has 2 amide bonds. The van der Waals surface area contributed by atoms with E-state index in [1.807, 2.05) is 0 Å². The van der Waals surface area contributed by atoms with E-state index < -0.39 is 45.7 Å². The molecule has 37 heavy (non-hydrogen) atoms. The maximum absolute atomic E-state index is 13.4. The number of fused-ring (bicyclic) bond motifs is 3. The molecule has 0 saturated carbocycles. The van der Waals surface area contributed by atoms with Gasteiger partial charge in [0.25, 0.3) is 5.91 Å². The maximum Gasteiger partial charge on any atom is 0.422 e. The molecule has 0 radical (unpaired) electrons. The number of anilines is 1. The second-order valence-corrected chi connectivity index (χ2v) is 11.4. The predicted molar refractivity (Wildman–Crippen MR) is 126 cm³/mol. The lowest BCUT2D eigenvalue weighted by Gasteiger charge is -2.35. The van der Waals surface area contributed by atoms with Crippen molar-refractivity contribution in [2.75, 3.05) is 37.6 Å². The van der Waals surface area contributed by atoms with Gasteiger partial charge >= 0.3 is 6.18 Å². The number of carbonyl (C=O) groups excluding carboxylic acids is 2. The van der Waals surface area contributed by atoms with E-state index in [9.17, 15) is 31.2 Å². The maximum atomic E-state index is 13.4. The zero-order valence-corrected chi connectivity index (χ0v) is 21.1. The molecule has 4 rings (SSSR count). The topological polar surface area (TPSA) is 129 Å². The van der Waals surface area contributed by atoms with Gasteiger partial charge in [-0.3, -0.25) is 9.59 Å². The highest BCUT2D eigenvalue weighted by atomic mass is 32.2. The Labute approximate surface area is 211 Å². The molecule has 1 aliphatic carbocycles. The largest absolute Gasteiger partial charge is 0.484 e. The van der Waals surface area contributed by atoms with Gasteiger partial charge in [0.2, 0.25) is 5.91 Å². The van der Waals surface area contributed by atoms with Crippen molar-refractivity contribution >= 4 is 27.5 Å². The zero-order chi connectivity index (χ0) is 27.0. The number of alkyl halides is 3. The van der Waals surface area contributed by atoms with Crippen molar-refractivity contribution in [1.82, 2.24) is 15.1 Å². The number of sulfone groups is 1. The Bertz CT molecular complexity index is 1320. The van der Waals surface area contributed by atoms with Crippen LogP contribution in [0, 0.1) is 0 Å². The Morgan fingerprint density at radius 2 is 2.08 bits per heavy atom. The van der Waals surface area contributed by atoms with E-state index in [4.69, 9.17) is 9.47 Å². The molecule has 0 unspecified atom stereocenters. The fourth-order valence-electron chi connectivity index (χ4n) is 4.83. The molecule has 2 aliphatic rings. The third kappa shape index (κ3) is 6.06. The highest BCUT2D eigenvalue weighted by Crippen LogP contribution is 2.44. The number of hydrogen-bond acceptors (Lipinski definition) is 7. The molecule has 1 aromatic heterocycles. The predicted octanol–water partition coefficient (Wildman–Crippen LogP) is 1.97. The van der Waals surface area contributed by atoms with Crippen LogP contribution in [-0.4, -0.2) is 68.5 Å². The molecule has 0 bridgehead atoms. The third-order valence-corrected chi connectivity index (χ3v) is 7.05. The van der Waals surface area contributed by atoms with E-state index in [0.29, 0.717) is 38.1 Å². The van der Waals surface area contributed by atoms with E-state index in [-0.39, 0.29) is 23.6 Å². The Morgan fingerprint density at radius 1 is 1.32 bits per heavy atom. The minimum atomic E-state index is -4.45. The Morgan fingerprint density at radius 3 is 2.76 bits per heavy atom. The molecule has 2 aromatic rings. The second-order valence-electron chi connectivity index (χ2n) is 9.29. The Balaban J connectivity index is 1.64. The first-order valence-corrected chi connectivity index (χ1v) is 13.6. The van der Waals surface area contributed by atoms with Gasteiger partial charge in [-0.15, -0.1) is 0 Å². The molecule has 0 fully saturated rings. The molecular formula is C23H27F3N4O6S. The zero-order valence-electron chi connectivity index (χ0n) is 20.3. The van der Waals surface area contributed by atoms with Crippen molar-refractivity contribution in [2.45, 2.75) is 43.9 Å². The number of methoxy groups -OCH3 is 1. The number of nitrogens with zero attached hydrogens (tertiary/aromatic N) is 2. The number of benzene rings is 1. The summed E-state index contributed by atoms with van der Waals surface area (Å²) < 4.78 is 72.2. The highest BCUT2D eigenvalue weighted by Gasteiger charge is 2.46. The summed E-state index contributed by atoms with van der Waals surface area (Å²) in [4.78, 5) is 25.7. The van der Waals surface area contributed by atoms with Gasteiger partial charge in [-0.05, 0) is 42.5 Å². The molecule has 0 saturated heterocycles. The minimum Gasteiger partial charge on any atom is -0.484 e. The first kappa shape index (κ1) is 26.9. The van der Waals surface area contributed by atoms with E-state index in [0.717, 1.165) is 17.4 Å². The number of amides is 2. The lowest BCUT2D eigenvalue weighted by Crippen LogP contribution is -2.49. The number of aryl methyl sites for hydroxylation is 2. The van der Waals surface area contributed by atoms with Crippen molar-refractivity contribution in [3.05, 3.63) is 40.6 Å². The third-order valence-electron chi connectivity index (χ3n) is 6.26. The Kier molecular flexibility index (Phi) is 7.25. The summed E-state index contributed by atoms with van der Waals surface area (Å²) >= 11 is 0. The number of rotatable bonds is 9. The molecule has 1 aromatic carbocycles. The van der Waals surface area contributed by atoms with E-state index >= 15 is 0 Å². The molecule has 2 N–H and O–H groups in total. The smallest absolute Gasteiger partial charge is 0.422 e. The summed E-state index contributed by atoms with van der Waals surface area (Å²) in [5, 5.41) is 10.1. The van der Waals surface area contributed by atoms with Crippen LogP contribution in [0.5, 0.6) is 5.75 Å². The summed E-state index contributed by atoms with van der Waals surface area (Å²) in [6, 6.07) is 4.65. The monoisotopic (exact) mass is 544 g/mol. The highest BCUT2D eigenvalue weighted by molar-refractivity contribution is 7.91. The molecule has 14 heteroatoms. The van der Waals surface area contributed by atoms with Gasteiger partial charge in [-0.1, -0.05) is 6.07 Å². The molecule has 2 heterocycles. The number of ether oxygens (including phenoxy) is 2. The number of aromatic nitrogens is 2. The molecule has 10 nitrogen and oxygen atoms in total. The van der Waals surface area contributed by atoms with E-state index in [1.165, 1.54) is 17.9 Å². The lowest BCUT2D eigenvalue weighted by molar-refractivity contribution is -0.153. The number of hydrogen-bond donors (Lipinski definition) is 2. The van der Waals surface area contributed by atoms with Crippen LogP contribution in [0.25, 0.3) is 0 Å². The minimum absolute atomic E-state index is 0.0919. The quantitative estimate of drug-likeness (QED) is 0.462. The van der Waals surface area contributed by atoms with Crippen molar-refractivity contribution in [1.29, 1.82) is 0 Å². The first-order valence-electron chi connectivity index (χ1n) is 11.5. The van der Waals surface area contributed by atoms with Crippen LogP contribution in [-0.2, 0) is 44.3 Å². The van der Waals surface area contributed by atoms with Crippen LogP contribution in [0.3, 0.4) is 0 Å². The second kappa shape index (κ2) is 9.97. The van der Waals surface area contributed by atoms with Crippen LogP contribution in [0.2, 0.25) is 0 Å². The molecule has 1 atom stereocenters. The van der Waals surface area contributed by atoms with Gasteiger partial charge in [0.1, 0.15) is 22.9 Å². The standard InChI is InChI=1S/C23H27F3N4O6S/c1-35-9-3-8-30-20(27-18(31)12-37(2,33)34)19-17(29-30)11-22(28-21(19)32)7-6-14-10-15(4-5-16(14)22)36-13-23(24,25)26/h4-5,10H,3,6-9,11-13H2,1-2H3,(H,27,31)(H,28,32)/t22-/m1/s1. The van der Waals surface area contributed by atoms with Crippen LogP contribution >= 0.6 is 0 Å². The average molecular weight is 545 g/mol. The van der Waals surface area contributed by atoms with Gasteiger partial charge in [0, 0.05) is 32.9 Å². The Hall–Kier alpha value is -3.13. The summed E-state index contributed by atoms with van der Waals surface area (Å²) in [6.45, 7) is -0.680. The summed E-state index contributed by atoms with van der Waals surface area (Å²) in [7, 11) is -2.06. The van der Waals surface area contributed by atoms with E-state index in [2.05, 4.69) is 15.7 Å².